The first-order valence-corrected chi connectivity index (χ1v) is 8.01. The van der Waals surface area contributed by atoms with Crippen molar-refractivity contribution >= 4 is 17.7 Å². The second-order valence-electron chi connectivity index (χ2n) is 6.13. The van der Waals surface area contributed by atoms with Crippen molar-refractivity contribution in [3.63, 3.8) is 0 Å². The van der Waals surface area contributed by atoms with Gasteiger partial charge in [-0.25, -0.2) is 0 Å². The summed E-state index contributed by atoms with van der Waals surface area (Å²) < 4.78 is 0.139. The first-order valence-electron chi connectivity index (χ1n) is 6.79. The zero-order valence-electron chi connectivity index (χ0n) is 12.6. The van der Waals surface area contributed by atoms with Crippen LogP contribution in [-0.2, 0) is 4.79 Å². The third kappa shape index (κ3) is 7.27. The molecular formula is C14H30N2OS. The Morgan fingerprint density at radius 3 is 2.28 bits per heavy atom. The first-order chi connectivity index (χ1) is 8.25. The lowest BCUT2D eigenvalue weighted by Crippen LogP contribution is -2.41. The molecule has 1 amide bonds. The average Bonchev–Trinajstić information content (AvgIpc) is 2.27. The molecule has 0 heterocycles. The van der Waals surface area contributed by atoms with Crippen LogP contribution in [0.2, 0.25) is 0 Å². The standard InChI is InChI=1S/C14H30N2OS/c1-13(2,11-14(3,4)18-5)12(17)16-10-8-6-7-9-15/h6-11,15H2,1-5H3,(H,16,17). The van der Waals surface area contributed by atoms with E-state index in [9.17, 15) is 4.79 Å². The monoisotopic (exact) mass is 274 g/mol. The highest BCUT2D eigenvalue weighted by Gasteiger charge is 2.33. The molecule has 0 atom stereocenters. The Bertz CT molecular complexity index is 252. The number of carbonyl (C=O) groups excluding carboxylic acids is 1. The molecule has 0 saturated carbocycles. The largest absolute Gasteiger partial charge is 0.356 e. The number of rotatable bonds is 9. The SMILES string of the molecule is CSC(C)(C)CC(C)(C)C(=O)NCCCCCN. The van der Waals surface area contributed by atoms with Gasteiger partial charge in [-0.1, -0.05) is 34.1 Å². The summed E-state index contributed by atoms with van der Waals surface area (Å²) in [7, 11) is 0. The summed E-state index contributed by atoms with van der Waals surface area (Å²) in [6.45, 7) is 9.94. The van der Waals surface area contributed by atoms with Crippen LogP contribution in [0.3, 0.4) is 0 Å². The maximum atomic E-state index is 12.1. The third-order valence-corrected chi connectivity index (χ3v) is 4.45. The molecule has 0 rings (SSSR count). The van der Waals surface area contributed by atoms with Crippen molar-refractivity contribution in [1.29, 1.82) is 0 Å². The molecule has 18 heavy (non-hydrogen) atoms. The molecule has 3 nitrogen and oxygen atoms in total. The highest BCUT2D eigenvalue weighted by atomic mass is 32.2. The van der Waals surface area contributed by atoms with Crippen LogP contribution in [0.5, 0.6) is 0 Å². The van der Waals surface area contributed by atoms with Gasteiger partial charge in [-0.15, -0.1) is 0 Å². The highest BCUT2D eigenvalue weighted by molar-refractivity contribution is 7.99. The zero-order valence-corrected chi connectivity index (χ0v) is 13.5. The van der Waals surface area contributed by atoms with Crippen LogP contribution >= 0.6 is 11.8 Å². The van der Waals surface area contributed by atoms with Crippen LogP contribution in [-0.4, -0.2) is 30.0 Å². The van der Waals surface area contributed by atoms with E-state index in [0.29, 0.717) is 0 Å². The van der Waals surface area contributed by atoms with E-state index in [1.807, 2.05) is 25.6 Å². The molecule has 0 fully saturated rings. The van der Waals surface area contributed by atoms with Crippen LogP contribution in [0.15, 0.2) is 0 Å². The van der Waals surface area contributed by atoms with Gasteiger partial charge >= 0.3 is 0 Å². The highest BCUT2D eigenvalue weighted by Crippen LogP contribution is 2.35. The van der Waals surface area contributed by atoms with Gasteiger partial charge in [0.2, 0.25) is 5.91 Å². The van der Waals surface area contributed by atoms with Gasteiger partial charge in [0.1, 0.15) is 0 Å². The van der Waals surface area contributed by atoms with Crippen LogP contribution < -0.4 is 11.1 Å². The van der Waals surface area contributed by atoms with E-state index in [4.69, 9.17) is 5.73 Å². The molecular weight excluding hydrogens is 244 g/mol. The molecule has 0 aromatic rings. The number of hydrogen-bond acceptors (Lipinski definition) is 3. The maximum Gasteiger partial charge on any atom is 0.225 e. The molecule has 3 N–H and O–H groups in total. The first kappa shape index (κ1) is 17.8. The Hall–Kier alpha value is -0.220. The van der Waals surface area contributed by atoms with Gasteiger partial charge in [-0.2, -0.15) is 11.8 Å². The number of nitrogens with two attached hydrogens (primary N) is 1. The predicted octanol–water partition coefficient (Wildman–Crippen LogP) is 2.79. The van der Waals surface area contributed by atoms with Crippen molar-refractivity contribution in [2.45, 2.75) is 58.1 Å². The van der Waals surface area contributed by atoms with E-state index in [-0.39, 0.29) is 16.1 Å². The maximum absolute atomic E-state index is 12.1. The average molecular weight is 274 g/mol. The molecule has 0 unspecified atom stereocenters. The van der Waals surface area contributed by atoms with Crippen molar-refractivity contribution in [1.82, 2.24) is 5.32 Å². The molecule has 108 valence electrons. The number of nitrogens with one attached hydrogen (secondary N) is 1. The molecule has 0 bridgehead atoms. The molecule has 0 aliphatic heterocycles. The Kier molecular flexibility index (Phi) is 7.95. The fraction of sp³-hybridized carbons (Fsp3) is 0.929. The van der Waals surface area contributed by atoms with E-state index in [1.54, 1.807) is 0 Å². The number of unbranched alkanes of at least 4 members (excludes halogenated alkanes) is 2. The van der Waals surface area contributed by atoms with E-state index >= 15 is 0 Å². The topological polar surface area (TPSA) is 55.1 Å². The predicted molar refractivity (Wildman–Crippen MR) is 81.9 cm³/mol. The summed E-state index contributed by atoms with van der Waals surface area (Å²) >= 11 is 1.81. The number of thioether (sulfide) groups is 1. The Labute approximate surface area is 117 Å². The summed E-state index contributed by atoms with van der Waals surface area (Å²) in [5.41, 5.74) is 5.13. The Morgan fingerprint density at radius 1 is 1.17 bits per heavy atom. The Balaban J connectivity index is 4.07. The van der Waals surface area contributed by atoms with Gasteiger partial charge in [0.25, 0.3) is 0 Å². The van der Waals surface area contributed by atoms with Gasteiger partial charge in [0.15, 0.2) is 0 Å². The Morgan fingerprint density at radius 2 is 1.78 bits per heavy atom. The smallest absolute Gasteiger partial charge is 0.225 e. The summed E-state index contributed by atoms with van der Waals surface area (Å²) in [6.07, 6.45) is 6.13. The number of amides is 1. The molecule has 0 aromatic carbocycles. The van der Waals surface area contributed by atoms with Crippen molar-refractivity contribution in [2.75, 3.05) is 19.3 Å². The summed E-state index contributed by atoms with van der Waals surface area (Å²) in [4.78, 5) is 12.1. The fourth-order valence-electron chi connectivity index (χ4n) is 2.10. The summed E-state index contributed by atoms with van der Waals surface area (Å²) in [6, 6.07) is 0. The lowest BCUT2D eigenvalue weighted by Gasteiger charge is -2.32. The fourth-order valence-corrected chi connectivity index (χ4v) is 2.61. The van der Waals surface area contributed by atoms with Crippen LogP contribution in [0.25, 0.3) is 0 Å². The normalized spacial score (nSPS) is 12.6. The van der Waals surface area contributed by atoms with Crippen LogP contribution in [0.4, 0.5) is 0 Å². The quantitative estimate of drug-likeness (QED) is 0.636. The van der Waals surface area contributed by atoms with E-state index in [1.165, 1.54) is 0 Å². The minimum atomic E-state index is -0.305. The minimum Gasteiger partial charge on any atom is -0.356 e. The van der Waals surface area contributed by atoms with Crippen molar-refractivity contribution in [2.24, 2.45) is 11.1 Å². The third-order valence-electron chi connectivity index (χ3n) is 3.20. The number of hydrogen-bond donors (Lipinski definition) is 2. The molecule has 0 aliphatic rings. The molecule has 0 aromatic heterocycles. The molecule has 0 saturated heterocycles. The minimum absolute atomic E-state index is 0.139. The molecule has 0 spiro atoms. The molecule has 0 aliphatic carbocycles. The summed E-state index contributed by atoms with van der Waals surface area (Å²) in [5, 5.41) is 3.04. The van der Waals surface area contributed by atoms with Gasteiger partial charge in [0, 0.05) is 16.7 Å². The summed E-state index contributed by atoms with van der Waals surface area (Å²) in [5.74, 6) is 0.164. The zero-order chi connectivity index (χ0) is 14.2. The lowest BCUT2D eigenvalue weighted by molar-refractivity contribution is -0.129. The second-order valence-corrected chi connectivity index (χ2v) is 7.64. The van der Waals surface area contributed by atoms with E-state index in [0.717, 1.165) is 38.8 Å². The van der Waals surface area contributed by atoms with Crippen molar-refractivity contribution in [3.05, 3.63) is 0 Å². The molecule has 4 heteroatoms. The van der Waals surface area contributed by atoms with Gasteiger partial charge in [-0.3, -0.25) is 4.79 Å². The number of carbonyl (C=O) groups is 1. The van der Waals surface area contributed by atoms with Gasteiger partial charge < -0.3 is 11.1 Å². The van der Waals surface area contributed by atoms with Crippen LogP contribution in [0.1, 0.15) is 53.4 Å². The van der Waals surface area contributed by atoms with Gasteiger partial charge in [0.05, 0.1) is 0 Å². The van der Waals surface area contributed by atoms with Crippen molar-refractivity contribution in [3.8, 4) is 0 Å². The second kappa shape index (κ2) is 8.05. The molecule has 0 radical (unpaired) electrons. The van der Waals surface area contributed by atoms with Crippen LogP contribution in [0, 0.1) is 5.41 Å². The van der Waals surface area contributed by atoms with E-state index < -0.39 is 0 Å². The van der Waals surface area contributed by atoms with Crippen molar-refractivity contribution < 1.29 is 4.79 Å². The lowest BCUT2D eigenvalue weighted by atomic mass is 9.82. The van der Waals surface area contributed by atoms with Gasteiger partial charge in [-0.05, 0) is 32.1 Å². The van der Waals surface area contributed by atoms with E-state index in [2.05, 4.69) is 25.4 Å².